The zero-order valence-electron chi connectivity index (χ0n) is 30.9. The Labute approximate surface area is 318 Å². The Balaban J connectivity index is 1.36. The number of nitrogens with zero attached hydrogens (tertiary/aromatic N) is 2. The molecule has 0 saturated heterocycles. The molecule has 1 aromatic heterocycles. The third-order valence-corrected chi connectivity index (χ3v) is 10.5. The van der Waals surface area contributed by atoms with Gasteiger partial charge in [-0.15, -0.1) is 0 Å². The van der Waals surface area contributed by atoms with Crippen LogP contribution in [0.5, 0.6) is 0 Å². The highest BCUT2D eigenvalue weighted by Crippen LogP contribution is 2.48. The maximum Gasteiger partial charge on any atom is 0.0561 e. The number of fused-ring (bicyclic) bond motifs is 3. The number of aromatic nitrogens is 1. The van der Waals surface area contributed by atoms with Gasteiger partial charge in [0.15, 0.2) is 0 Å². The van der Waals surface area contributed by atoms with E-state index < -0.39 is 0 Å². The molecule has 0 amide bonds. The first kappa shape index (κ1) is 33.2. The normalized spacial score (nSPS) is 11.6. The molecule has 0 fully saturated rings. The van der Waals surface area contributed by atoms with Crippen molar-refractivity contribution in [1.29, 1.82) is 0 Å². The first-order valence-electron chi connectivity index (χ1n) is 18.8. The number of hydrogen-bond acceptors (Lipinski definition) is 1. The van der Waals surface area contributed by atoms with Crippen LogP contribution >= 0.6 is 0 Å². The molecule has 0 N–H and O–H groups in total. The molecule has 0 radical (unpaired) electrons. The van der Waals surface area contributed by atoms with Crippen molar-refractivity contribution in [2.24, 2.45) is 0 Å². The van der Waals surface area contributed by atoms with Gasteiger partial charge in [0.05, 0.1) is 16.7 Å². The van der Waals surface area contributed by atoms with Crippen molar-refractivity contribution < 1.29 is 0 Å². The minimum Gasteiger partial charge on any atom is -0.310 e. The van der Waals surface area contributed by atoms with Gasteiger partial charge >= 0.3 is 0 Å². The molecular weight excluding hydrogens is 653 g/mol. The Morgan fingerprint density at radius 1 is 0.389 bits per heavy atom. The fourth-order valence-electron chi connectivity index (χ4n) is 8.05. The second kappa shape index (κ2) is 13.7. The lowest BCUT2D eigenvalue weighted by Crippen LogP contribution is -2.20. The van der Waals surface area contributed by atoms with Crippen molar-refractivity contribution in [1.82, 2.24) is 4.57 Å². The highest BCUT2D eigenvalue weighted by Gasteiger charge is 2.29. The molecule has 0 aliphatic heterocycles. The monoisotopic (exact) mass is 694 g/mol. The molecule has 2 heteroatoms. The predicted octanol–water partition coefficient (Wildman–Crippen LogP) is 14.6. The second-order valence-electron chi connectivity index (χ2n) is 15.0. The van der Waals surface area contributed by atoms with E-state index in [1.807, 2.05) is 0 Å². The van der Waals surface area contributed by atoms with E-state index in [0.717, 1.165) is 22.7 Å². The van der Waals surface area contributed by atoms with E-state index in [-0.39, 0.29) is 5.41 Å². The van der Waals surface area contributed by atoms with Crippen LogP contribution in [0.15, 0.2) is 200 Å². The number of rotatable bonds is 7. The first-order valence-corrected chi connectivity index (χ1v) is 18.8. The van der Waals surface area contributed by atoms with Gasteiger partial charge in [0.2, 0.25) is 0 Å². The summed E-state index contributed by atoms with van der Waals surface area (Å²) in [7, 11) is 0. The highest BCUT2D eigenvalue weighted by molar-refractivity contribution is 6.10. The van der Waals surface area contributed by atoms with E-state index in [1.54, 1.807) is 0 Å². The van der Waals surface area contributed by atoms with Gasteiger partial charge in [0.25, 0.3) is 0 Å². The van der Waals surface area contributed by atoms with E-state index in [9.17, 15) is 0 Å². The van der Waals surface area contributed by atoms with Crippen LogP contribution in [0.1, 0.15) is 26.3 Å². The quantitative estimate of drug-likeness (QED) is 0.161. The van der Waals surface area contributed by atoms with Crippen LogP contribution < -0.4 is 4.90 Å². The summed E-state index contributed by atoms with van der Waals surface area (Å²) in [5.41, 5.74) is 15.2. The fourth-order valence-corrected chi connectivity index (χ4v) is 8.05. The molecule has 0 bridgehead atoms. The smallest absolute Gasteiger partial charge is 0.0561 e. The standard InChI is InChI=1S/C52H42N2/c1-52(2,3)51-47(40-22-12-6-13-23-40)34-41(38-20-10-5-11-21-38)35-50(51)53(43-30-28-39(29-31-43)37-18-8-4-9-19-37)44-32-33-46-45-26-16-17-27-48(45)54(49(46)36-44)42-24-14-7-15-25-42/h4-36H,1-3H3. The van der Waals surface area contributed by atoms with Crippen LogP contribution in [0.25, 0.3) is 60.9 Å². The van der Waals surface area contributed by atoms with Crippen molar-refractivity contribution in [3.63, 3.8) is 0 Å². The van der Waals surface area contributed by atoms with Gasteiger partial charge in [-0.1, -0.05) is 166 Å². The zero-order valence-corrected chi connectivity index (χ0v) is 30.9. The summed E-state index contributed by atoms with van der Waals surface area (Å²) in [6.45, 7) is 7.02. The summed E-state index contributed by atoms with van der Waals surface area (Å²) in [6.07, 6.45) is 0. The Bertz CT molecular complexity index is 2700. The van der Waals surface area contributed by atoms with E-state index in [0.29, 0.717) is 0 Å². The summed E-state index contributed by atoms with van der Waals surface area (Å²) >= 11 is 0. The third kappa shape index (κ3) is 6.06. The summed E-state index contributed by atoms with van der Waals surface area (Å²) in [4.78, 5) is 2.49. The van der Waals surface area contributed by atoms with Crippen LogP contribution in [0.2, 0.25) is 0 Å². The molecule has 0 aliphatic rings. The van der Waals surface area contributed by atoms with Crippen LogP contribution in [-0.2, 0) is 5.41 Å². The molecule has 0 spiro atoms. The molecule has 0 aliphatic carbocycles. The van der Waals surface area contributed by atoms with Gasteiger partial charge in [-0.3, -0.25) is 0 Å². The van der Waals surface area contributed by atoms with Crippen molar-refractivity contribution in [3.05, 3.63) is 206 Å². The van der Waals surface area contributed by atoms with Gasteiger partial charge in [0.1, 0.15) is 0 Å². The maximum atomic E-state index is 2.49. The molecule has 0 saturated carbocycles. The summed E-state index contributed by atoms with van der Waals surface area (Å²) in [5, 5.41) is 2.48. The first-order chi connectivity index (χ1) is 26.4. The zero-order chi connectivity index (χ0) is 36.6. The average molecular weight is 695 g/mol. The largest absolute Gasteiger partial charge is 0.310 e. The molecule has 0 atom stereocenters. The van der Waals surface area contributed by atoms with E-state index in [1.165, 1.54) is 60.8 Å². The van der Waals surface area contributed by atoms with Crippen molar-refractivity contribution in [2.45, 2.75) is 26.2 Å². The molecule has 260 valence electrons. The Morgan fingerprint density at radius 2 is 0.889 bits per heavy atom. The molecule has 0 unspecified atom stereocenters. The van der Waals surface area contributed by atoms with Crippen molar-refractivity contribution in [3.8, 4) is 39.1 Å². The van der Waals surface area contributed by atoms with Gasteiger partial charge < -0.3 is 9.47 Å². The predicted molar refractivity (Wildman–Crippen MR) is 230 cm³/mol. The van der Waals surface area contributed by atoms with E-state index in [2.05, 4.69) is 230 Å². The fraction of sp³-hybridized carbons (Fsp3) is 0.0769. The SMILES string of the molecule is CC(C)(C)c1c(-c2ccccc2)cc(-c2ccccc2)cc1N(c1ccc(-c2ccccc2)cc1)c1ccc2c3ccccc3n(-c3ccccc3)c2c1. The lowest BCUT2D eigenvalue weighted by Gasteiger charge is -2.35. The summed E-state index contributed by atoms with van der Waals surface area (Å²) < 4.78 is 2.41. The number of benzene rings is 8. The Hall–Kier alpha value is -6.64. The van der Waals surface area contributed by atoms with Crippen LogP contribution in [0.4, 0.5) is 17.1 Å². The van der Waals surface area contributed by atoms with Crippen molar-refractivity contribution in [2.75, 3.05) is 4.90 Å². The number of hydrogen-bond donors (Lipinski definition) is 0. The molecular formula is C52H42N2. The third-order valence-electron chi connectivity index (χ3n) is 10.5. The average Bonchev–Trinajstić information content (AvgIpc) is 3.55. The number of para-hydroxylation sites is 2. The second-order valence-corrected chi connectivity index (χ2v) is 15.0. The lowest BCUT2D eigenvalue weighted by atomic mass is 9.78. The molecule has 9 aromatic rings. The highest BCUT2D eigenvalue weighted by atomic mass is 15.1. The van der Waals surface area contributed by atoms with Crippen LogP contribution in [0.3, 0.4) is 0 Å². The molecule has 1 heterocycles. The maximum absolute atomic E-state index is 2.49. The van der Waals surface area contributed by atoms with E-state index >= 15 is 0 Å². The lowest BCUT2D eigenvalue weighted by molar-refractivity contribution is 0.593. The molecule has 54 heavy (non-hydrogen) atoms. The number of anilines is 3. The van der Waals surface area contributed by atoms with Gasteiger partial charge in [0, 0.05) is 27.8 Å². The topological polar surface area (TPSA) is 8.17 Å². The van der Waals surface area contributed by atoms with E-state index in [4.69, 9.17) is 0 Å². The Morgan fingerprint density at radius 3 is 1.52 bits per heavy atom. The van der Waals surface area contributed by atoms with Crippen LogP contribution in [0, 0.1) is 0 Å². The van der Waals surface area contributed by atoms with Gasteiger partial charge in [-0.05, 0) is 99.0 Å². The van der Waals surface area contributed by atoms with Gasteiger partial charge in [-0.2, -0.15) is 0 Å². The van der Waals surface area contributed by atoms with Crippen LogP contribution in [-0.4, -0.2) is 4.57 Å². The molecule has 9 rings (SSSR count). The summed E-state index contributed by atoms with van der Waals surface area (Å²) in [5.74, 6) is 0. The van der Waals surface area contributed by atoms with Gasteiger partial charge in [-0.25, -0.2) is 0 Å². The molecule has 8 aromatic carbocycles. The molecule has 2 nitrogen and oxygen atoms in total. The Kier molecular flexibility index (Phi) is 8.44. The summed E-state index contributed by atoms with van der Waals surface area (Å²) in [6, 6.07) is 72.6. The minimum atomic E-state index is -0.193. The van der Waals surface area contributed by atoms with Crippen molar-refractivity contribution >= 4 is 38.9 Å². The minimum absolute atomic E-state index is 0.193.